The molecule has 3 heteroatoms. The highest BCUT2D eigenvalue weighted by molar-refractivity contribution is 5.79. The van der Waals surface area contributed by atoms with Crippen LogP contribution in [-0.4, -0.2) is 19.5 Å². The molecule has 2 aromatic rings. The Balaban J connectivity index is 1.96. The number of fused-ring (bicyclic) bond motifs is 1. The van der Waals surface area contributed by atoms with E-state index in [1.807, 2.05) is 18.2 Å². The van der Waals surface area contributed by atoms with Gasteiger partial charge < -0.3 is 10.6 Å². The minimum absolute atomic E-state index is 0.0363. The Kier molecular flexibility index (Phi) is 3.76. The van der Waals surface area contributed by atoms with Gasteiger partial charge in [0.2, 0.25) is 5.91 Å². The second-order valence-electron chi connectivity index (χ2n) is 5.65. The molecule has 0 bridgehead atoms. The molecule has 1 aliphatic rings. The summed E-state index contributed by atoms with van der Waals surface area (Å²) in [5.74, 6) is 0.0363. The third kappa shape index (κ3) is 2.69. The number of rotatable bonds is 4. The van der Waals surface area contributed by atoms with Crippen LogP contribution >= 0.6 is 0 Å². The minimum Gasteiger partial charge on any atom is -0.345 e. The van der Waals surface area contributed by atoms with Crippen molar-refractivity contribution in [3.63, 3.8) is 0 Å². The number of hydrogen-bond acceptors (Lipinski definition) is 2. The molecular weight excluding hydrogens is 260 g/mol. The van der Waals surface area contributed by atoms with Crippen molar-refractivity contribution in [2.45, 2.75) is 18.4 Å². The lowest BCUT2D eigenvalue weighted by Crippen LogP contribution is -2.49. The van der Waals surface area contributed by atoms with E-state index in [2.05, 4.69) is 47.0 Å². The van der Waals surface area contributed by atoms with Crippen LogP contribution in [0.5, 0.6) is 0 Å². The predicted octanol–water partition coefficient (Wildman–Crippen LogP) is 2.02. The zero-order valence-corrected chi connectivity index (χ0v) is 12.2. The van der Waals surface area contributed by atoms with Gasteiger partial charge in [-0.3, -0.25) is 4.79 Å². The Morgan fingerprint density at radius 2 is 1.57 bits per heavy atom. The zero-order chi connectivity index (χ0) is 14.7. The molecule has 2 aromatic carbocycles. The van der Waals surface area contributed by atoms with Crippen molar-refractivity contribution in [3.8, 4) is 0 Å². The maximum atomic E-state index is 12.2. The van der Waals surface area contributed by atoms with Gasteiger partial charge in [-0.1, -0.05) is 54.6 Å². The summed E-state index contributed by atoms with van der Waals surface area (Å²) in [6, 6.07) is 18.7. The molecule has 2 N–H and O–H groups in total. The van der Waals surface area contributed by atoms with Gasteiger partial charge in [-0.25, -0.2) is 0 Å². The Hall–Kier alpha value is -2.13. The van der Waals surface area contributed by atoms with Crippen LogP contribution < -0.4 is 10.6 Å². The normalized spacial score (nSPS) is 15.5. The average molecular weight is 280 g/mol. The highest BCUT2D eigenvalue weighted by Crippen LogP contribution is 2.37. The maximum absolute atomic E-state index is 12.2. The predicted molar refractivity (Wildman–Crippen MR) is 84.0 cm³/mol. The van der Waals surface area contributed by atoms with Crippen molar-refractivity contribution in [3.05, 3.63) is 71.3 Å². The number of carbonyl (C=O) groups is 1. The molecule has 1 aliphatic carbocycles. The molecule has 3 rings (SSSR count). The van der Waals surface area contributed by atoms with Crippen molar-refractivity contribution < 1.29 is 4.79 Å². The fraction of sp³-hybridized carbons (Fsp3) is 0.278. The number of carbonyl (C=O) groups excluding carboxylic acids is 1. The number of benzene rings is 2. The SMILES string of the molecule is CNCC(=O)NC1(c2ccccc2)Cc2ccccc2C1. The average Bonchev–Trinajstić information content (AvgIpc) is 2.87. The van der Waals surface area contributed by atoms with E-state index in [0.29, 0.717) is 6.54 Å². The molecule has 0 spiro atoms. The summed E-state index contributed by atoms with van der Waals surface area (Å²) in [5.41, 5.74) is 3.50. The standard InChI is InChI=1S/C18H20N2O/c1-19-13-17(21)20-18(16-9-3-2-4-10-16)11-14-7-5-6-8-15(14)12-18/h2-10,19H,11-13H2,1H3,(H,20,21). The van der Waals surface area contributed by atoms with Crippen LogP contribution in [0.1, 0.15) is 16.7 Å². The molecule has 0 aromatic heterocycles. The monoisotopic (exact) mass is 280 g/mol. The lowest BCUT2D eigenvalue weighted by molar-refractivity contribution is -0.122. The van der Waals surface area contributed by atoms with Gasteiger partial charge in [-0.15, -0.1) is 0 Å². The smallest absolute Gasteiger partial charge is 0.234 e. The molecular formula is C18H20N2O. The van der Waals surface area contributed by atoms with Crippen LogP contribution in [0.15, 0.2) is 54.6 Å². The molecule has 108 valence electrons. The topological polar surface area (TPSA) is 41.1 Å². The first-order valence-corrected chi connectivity index (χ1v) is 7.31. The second-order valence-corrected chi connectivity index (χ2v) is 5.65. The first-order chi connectivity index (χ1) is 10.2. The van der Waals surface area contributed by atoms with Crippen LogP contribution in [-0.2, 0) is 23.2 Å². The van der Waals surface area contributed by atoms with Gasteiger partial charge in [-0.2, -0.15) is 0 Å². The Bertz CT molecular complexity index is 612. The van der Waals surface area contributed by atoms with E-state index >= 15 is 0 Å². The molecule has 21 heavy (non-hydrogen) atoms. The van der Waals surface area contributed by atoms with Gasteiger partial charge in [0.25, 0.3) is 0 Å². The Labute approximate surface area is 125 Å². The van der Waals surface area contributed by atoms with E-state index < -0.39 is 0 Å². The molecule has 0 radical (unpaired) electrons. The van der Waals surface area contributed by atoms with Gasteiger partial charge in [0.15, 0.2) is 0 Å². The molecule has 0 saturated heterocycles. The van der Waals surface area contributed by atoms with Crippen LogP contribution in [0, 0.1) is 0 Å². The molecule has 0 fully saturated rings. The first kappa shape index (κ1) is 13.8. The Morgan fingerprint density at radius 3 is 2.14 bits per heavy atom. The number of likely N-dealkylation sites (N-methyl/N-ethyl adjacent to an activating group) is 1. The largest absolute Gasteiger partial charge is 0.345 e. The fourth-order valence-electron chi connectivity index (χ4n) is 3.21. The van der Waals surface area contributed by atoms with Crippen molar-refractivity contribution in [2.24, 2.45) is 0 Å². The first-order valence-electron chi connectivity index (χ1n) is 7.31. The van der Waals surface area contributed by atoms with E-state index in [4.69, 9.17) is 0 Å². The minimum atomic E-state index is -0.321. The Morgan fingerprint density at radius 1 is 1.00 bits per heavy atom. The van der Waals surface area contributed by atoms with E-state index in [-0.39, 0.29) is 11.4 Å². The summed E-state index contributed by atoms with van der Waals surface area (Å²) in [7, 11) is 1.79. The zero-order valence-electron chi connectivity index (χ0n) is 12.2. The van der Waals surface area contributed by atoms with Crippen LogP contribution in [0.2, 0.25) is 0 Å². The van der Waals surface area contributed by atoms with Crippen molar-refractivity contribution in [2.75, 3.05) is 13.6 Å². The summed E-state index contributed by atoms with van der Waals surface area (Å²) in [4.78, 5) is 12.2. The molecule has 0 heterocycles. The third-order valence-corrected chi connectivity index (χ3v) is 4.15. The molecule has 0 unspecified atom stereocenters. The summed E-state index contributed by atoms with van der Waals surface area (Å²) in [6.07, 6.45) is 1.70. The van der Waals surface area contributed by atoms with E-state index in [1.165, 1.54) is 16.7 Å². The number of nitrogens with one attached hydrogen (secondary N) is 2. The highest BCUT2D eigenvalue weighted by atomic mass is 16.2. The summed E-state index contributed by atoms with van der Waals surface area (Å²) in [5, 5.41) is 6.17. The summed E-state index contributed by atoms with van der Waals surface area (Å²) >= 11 is 0. The van der Waals surface area contributed by atoms with Gasteiger partial charge in [-0.05, 0) is 23.7 Å². The molecule has 1 amide bonds. The number of amides is 1. The lowest BCUT2D eigenvalue weighted by Gasteiger charge is -2.31. The van der Waals surface area contributed by atoms with Crippen molar-refractivity contribution in [1.82, 2.24) is 10.6 Å². The van der Waals surface area contributed by atoms with E-state index in [1.54, 1.807) is 7.05 Å². The van der Waals surface area contributed by atoms with Gasteiger partial charge in [0.1, 0.15) is 0 Å². The summed E-state index contributed by atoms with van der Waals surface area (Å²) in [6.45, 7) is 0.338. The fourth-order valence-corrected chi connectivity index (χ4v) is 3.21. The van der Waals surface area contributed by atoms with Gasteiger partial charge in [0.05, 0.1) is 12.1 Å². The lowest BCUT2D eigenvalue weighted by atomic mass is 9.86. The number of hydrogen-bond donors (Lipinski definition) is 2. The highest BCUT2D eigenvalue weighted by Gasteiger charge is 2.39. The maximum Gasteiger partial charge on any atom is 0.234 e. The van der Waals surface area contributed by atoms with Crippen LogP contribution in [0.3, 0.4) is 0 Å². The summed E-state index contributed by atoms with van der Waals surface area (Å²) < 4.78 is 0. The van der Waals surface area contributed by atoms with Crippen molar-refractivity contribution in [1.29, 1.82) is 0 Å². The van der Waals surface area contributed by atoms with Gasteiger partial charge in [0, 0.05) is 12.8 Å². The van der Waals surface area contributed by atoms with Gasteiger partial charge >= 0.3 is 0 Å². The quantitative estimate of drug-likeness (QED) is 0.899. The van der Waals surface area contributed by atoms with Crippen LogP contribution in [0.4, 0.5) is 0 Å². The second kappa shape index (κ2) is 5.70. The van der Waals surface area contributed by atoms with Crippen molar-refractivity contribution >= 4 is 5.91 Å². The van der Waals surface area contributed by atoms with E-state index in [0.717, 1.165) is 12.8 Å². The molecule has 0 aliphatic heterocycles. The third-order valence-electron chi connectivity index (χ3n) is 4.15. The molecule has 3 nitrogen and oxygen atoms in total. The molecule has 0 saturated carbocycles. The van der Waals surface area contributed by atoms with Crippen LogP contribution in [0.25, 0.3) is 0 Å². The molecule has 0 atom stereocenters. The van der Waals surface area contributed by atoms with E-state index in [9.17, 15) is 4.79 Å².